The topological polar surface area (TPSA) is 66.8 Å². The molecule has 0 aromatic heterocycles. The maximum absolute atomic E-state index is 12.5. The first-order valence-corrected chi connectivity index (χ1v) is 6.87. The summed E-state index contributed by atoms with van der Waals surface area (Å²) in [6, 6.07) is 11.1. The molecule has 21 heavy (non-hydrogen) atoms. The van der Waals surface area contributed by atoms with Crippen LogP contribution in [0.25, 0.3) is 0 Å². The fourth-order valence-electron chi connectivity index (χ4n) is 2.46. The van der Waals surface area contributed by atoms with Gasteiger partial charge in [-0.25, -0.2) is 0 Å². The van der Waals surface area contributed by atoms with E-state index in [0.717, 1.165) is 0 Å². The quantitative estimate of drug-likeness (QED) is 0.837. The predicted molar refractivity (Wildman–Crippen MR) is 77.8 cm³/mol. The second-order valence-corrected chi connectivity index (χ2v) is 5.40. The highest BCUT2D eigenvalue weighted by Crippen LogP contribution is 2.38. The SMILES string of the molecule is O=C(c1cccc(Cl)c1)C1COc2ccc(O)cc2C1O. The highest BCUT2D eigenvalue weighted by Gasteiger charge is 2.35. The lowest BCUT2D eigenvalue weighted by atomic mass is 9.87. The largest absolute Gasteiger partial charge is 0.508 e. The first kappa shape index (κ1) is 13.9. The van der Waals surface area contributed by atoms with Gasteiger partial charge in [-0.15, -0.1) is 0 Å². The van der Waals surface area contributed by atoms with Gasteiger partial charge in [-0.1, -0.05) is 23.7 Å². The predicted octanol–water partition coefficient (Wildman–Crippen LogP) is 2.97. The molecule has 2 aromatic rings. The summed E-state index contributed by atoms with van der Waals surface area (Å²) in [6.07, 6.45) is -1.02. The van der Waals surface area contributed by atoms with Crippen LogP contribution in [0.1, 0.15) is 22.0 Å². The van der Waals surface area contributed by atoms with Crippen molar-refractivity contribution < 1.29 is 19.7 Å². The van der Waals surface area contributed by atoms with Gasteiger partial charge in [0, 0.05) is 16.1 Å². The van der Waals surface area contributed by atoms with Gasteiger partial charge in [-0.3, -0.25) is 4.79 Å². The molecule has 2 N–H and O–H groups in total. The molecule has 4 nitrogen and oxygen atoms in total. The number of Topliss-reactive ketones (excluding diaryl/α,β-unsaturated/α-hetero) is 1. The first-order chi connectivity index (χ1) is 10.1. The van der Waals surface area contributed by atoms with Gasteiger partial charge in [0.15, 0.2) is 5.78 Å². The highest BCUT2D eigenvalue weighted by atomic mass is 35.5. The van der Waals surface area contributed by atoms with E-state index in [1.165, 1.54) is 12.1 Å². The minimum atomic E-state index is -1.02. The number of phenolic OH excluding ortho intramolecular Hbond substituents is 1. The fraction of sp³-hybridized carbons (Fsp3) is 0.188. The van der Waals surface area contributed by atoms with Crippen LogP contribution >= 0.6 is 11.6 Å². The van der Waals surface area contributed by atoms with Gasteiger partial charge in [0.1, 0.15) is 18.1 Å². The number of fused-ring (bicyclic) bond motifs is 1. The van der Waals surface area contributed by atoms with Crippen molar-refractivity contribution in [2.45, 2.75) is 6.10 Å². The van der Waals surface area contributed by atoms with Crippen LogP contribution in [0, 0.1) is 5.92 Å². The maximum atomic E-state index is 12.5. The Morgan fingerprint density at radius 1 is 1.24 bits per heavy atom. The summed E-state index contributed by atoms with van der Waals surface area (Å²) in [6.45, 7) is 0.0876. The van der Waals surface area contributed by atoms with E-state index in [1.54, 1.807) is 30.3 Å². The van der Waals surface area contributed by atoms with Crippen LogP contribution in [0.5, 0.6) is 11.5 Å². The molecule has 2 atom stereocenters. The van der Waals surface area contributed by atoms with Crippen LogP contribution in [0.2, 0.25) is 5.02 Å². The van der Waals surface area contributed by atoms with E-state index in [-0.39, 0.29) is 18.1 Å². The molecule has 1 heterocycles. The highest BCUT2D eigenvalue weighted by molar-refractivity contribution is 6.31. The lowest BCUT2D eigenvalue weighted by molar-refractivity contribution is 0.0416. The van der Waals surface area contributed by atoms with Gasteiger partial charge in [0.05, 0.1) is 12.0 Å². The molecule has 2 aromatic carbocycles. The Morgan fingerprint density at radius 2 is 2.05 bits per heavy atom. The van der Waals surface area contributed by atoms with E-state index in [0.29, 0.717) is 21.9 Å². The standard InChI is InChI=1S/C16H13ClO4/c17-10-3-1-2-9(6-10)15(19)13-8-21-14-5-4-11(18)7-12(14)16(13)20/h1-7,13,16,18,20H,8H2. The third-order valence-corrected chi connectivity index (χ3v) is 3.79. The van der Waals surface area contributed by atoms with Crippen LogP contribution in [0.4, 0.5) is 0 Å². The summed E-state index contributed by atoms with van der Waals surface area (Å²) >= 11 is 5.89. The number of hydrogen-bond donors (Lipinski definition) is 2. The molecule has 0 spiro atoms. The van der Waals surface area contributed by atoms with E-state index in [2.05, 4.69) is 0 Å². The minimum Gasteiger partial charge on any atom is -0.508 e. The Bertz CT molecular complexity index is 698. The van der Waals surface area contributed by atoms with Crippen LogP contribution < -0.4 is 4.74 Å². The Hall–Kier alpha value is -2.04. The Morgan fingerprint density at radius 3 is 2.81 bits per heavy atom. The van der Waals surface area contributed by atoms with Gasteiger partial charge in [-0.05, 0) is 30.3 Å². The summed E-state index contributed by atoms with van der Waals surface area (Å²) < 4.78 is 5.51. The van der Waals surface area contributed by atoms with Gasteiger partial charge in [0.25, 0.3) is 0 Å². The Labute approximate surface area is 126 Å². The van der Waals surface area contributed by atoms with Crippen LogP contribution in [0.15, 0.2) is 42.5 Å². The lowest BCUT2D eigenvalue weighted by Crippen LogP contribution is -2.32. The number of aliphatic hydroxyl groups excluding tert-OH is 1. The molecule has 0 bridgehead atoms. The molecule has 1 aliphatic heterocycles. The molecule has 2 unspecified atom stereocenters. The summed E-state index contributed by atoms with van der Waals surface area (Å²) in [5.41, 5.74) is 0.848. The van der Waals surface area contributed by atoms with E-state index in [1.807, 2.05) is 0 Å². The van der Waals surface area contributed by atoms with Gasteiger partial charge >= 0.3 is 0 Å². The molecule has 0 radical (unpaired) electrons. The van der Waals surface area contributed by atoms with Gasteiger partial charge in [-0.2, -0.15) is 0 Å². The molecule has 0 fully saturated rings. The zero-order valence-corrected chi connectivity index (χ0v) is 11.7. The van der Waals surface area contributed by atoms with Gasteiger partial charge in [0.2, 0.25) is 0 Å². The van der Waals surface area contributed by atoms with Crippen molar-refractivity contribution in [2.24, 2.45) is 5.92 Å². The number of phenols is 1. The number of aliphatic hydroxyl groups is 1. The van der Waals surface area contributed by atoms with Crippen LogP contribution in [-0.2, 0) is 0 Å². The van der Waals surface area contributed by atoms with E-state index in [9.17, 15) is 15.0 Å². The summed E-state index contributed by atoms with van der Waals surface area (Å²) in [5.74, 6) is -0.459. The molecular formula is C16H13ClO4. The maximum Gasteiger partial charge on any atom is 0.172 e. The van der Waals surface area contributed by atoms with Crippen LogP contribution in [0.3, 0.4) is 0 Å². The van der Waals surface area contributed by atoms with Crippen molar-refractivity contribution in [3.05, 3.63) is 58.6 Å². The average Bonchev–Trinajstić information content (AvgIpc) is 2.47. The molecule has 0 saturated carbocycles. The monoisotopic (exact) mass is 304 g/mol. The number of carbonyl (C=O) groups excluding carboxylic acids is 1. The molecular weight excluding hydrogens is 292 g/mol. The minimum absolute atomic E-state index is 0.0206. The van der Waals surface area contributed by atoms with E-state index >= 15 is 0 Å². The first-order valence-electron chi connectivity index (χ1n) is 6.50. The molecule has 108 valence electrons. The zero-order chi connectivity index (χ0) is 15.0. The van der Waals surface area contributed by atoms with Crippen molar-refractivity contribution in [3.8, 4) is 11.5 Å². The molecule has 5 heteroatoms. The second-order valence-electron chi connectivity index (χ2n) is 4.96. The van der Waals surface area contributed by atoms with Crippen molar-refractivity contribution >= 4 is 17.4 Å². The molecule has 3 rings (SSSR count). The third kappa shape index (κ3) is 2.60. The number of hydrogen-bond acceptors (Lipinski definition) is 4. The summed E-state index contributed by atoms with van der Waals surface area (Å²) in [7, 11) is 0. The molecule has 0 saturated heterocycles. The number of carbonyl (C=O) groups is 1. The fourth-order valence-corrected chi connectivity index (χ4v) is 2.65. The van der Waals surface area contributed by atoms with E-state index in [4.69, 9.17) is 16.3 Å². The second kappa shape index (κ2) is 5.39. The molecule has 0 aliphatic carbocycles. The molecule has 0 amide bonds. The van der Waals surface area contributed by atoms with Gasteiger partial charge < -0.3 is 14.9 Å². The smallest absolute Gasteiger partial charge is 0.172 e. The number of benzene rings is 2. The van der Waals surface area contributed by atoms with Crippen molar-refractivity contribution in [3.63, 3.8) is 0 Å². The Kier molecular flexibility index (Phi) is 3.57. The number of aromatic hydroxyl groups is 1. The van der Waals surface area contributed by atoms with E-state index < -0.39 is 12.0 Å². The summed E-state index contributed by atoms with van der Waals surface area (Å²) in [4.78, 5) is 12.5. The lowest BCUT2D eigenvalue weighted by Gasteiger charge is -2.29. The van der Waals surface area contributed by atoms with Crippen molar-refractivity contribution in [1.29, 1.82) is 0 Å². The average molecular weight is 305 g/mol. The number of rotatable bonds is 2. The van der Waals surface area contributed by atoms with Crippen molar-refractivity contribution in [2.75, 3.05) is 6.61 Å². The summed E-state index contributed by atoms with van der Waals surface area (Å²) in [5, 5.41) is 20.4. The van der Waals surface area contributed by atoms with Crippen molar-refractivity contribution in [1.82, 2.24) is 0 Å². The normalized spacial score (nSPS) is 20.5. The third-order valence-electron chi connectivity index (χ3n) is 3.56. The number of ketones is 1. The molecule has 1 aliphatic rings. The zero-order valence-electron chi connectivity index (χ0n) is 11.0. The number of halogens is 1. The Balaban J connectivity index is 1.92. The number of ether oxygens (including phenoxy) is 1. The van der Waals surface area contributed by atoms with Crippen LogP contribution in [-0.4, -0.2) is 22.6 Å².